The highest BCUT2D eigenvalue weighted by atomic mass is 35.5. The quantitative estimate of drug-likeness (QED) is 0.871. The molecule has 0 radical (unpaired) electrons. The van der Waals surface area contributed by atoms with E-state index in [0.29, 0.717) is 10.6 Å². The maximum Gasteiger partial charge on any atom is 0.328 e. The van der Waals surface area contributed by atoms with Crippen molar-refractivity contribution in [3.63, 3.8) is 0 Å². The Morgan fingerprint density at radius 3 is 2.64 bits per heavy atom. The Labute approximate surface area is 150 Å². The molecule has 1 aliphatic rings. The van der Waals surface area contributed by atoms with Crippen LogP contribution >= 0.6 is 11.6 Å². The predicted molar refractivity (Wildman–Crippen MR) is 97.9 cm³/mol. The average molecular weight is 364 g/mol. The number of hydrogen-bond donors (Lipinski definition) is 2. The van der Waals surface area contributed by atoms with E-state index in [4.69, 9.17) is 16.3 Å². The molecule has 0 spiro atoms. The second-order valence-electron chi connectivity index (χ2n) is 6.48. The number of halogens is 1. The first-order valence-electron chi connectivity index (χ1n) is 8.41. The van der Waals surface area contributed by atoms with Crippen LogP contribution in [-0.4, -0.2) is 28.7 Å². The maximum absolute atomic E-state index is 12.1. The van der Waals surface area contributed by atoms with Crippen molar-refractivity contribution in [2.24, 2.45) is 0 Å². The summed E-state index contributed by atoms with van der Waals surface area (Å²) in [6, 6.07) is 3.68. The van der Waals surface area contributed by atoms with Gasteiger partial charge in [-0.05, 0) is 57.5 Å². The van der Waals surface area contributed by atoms with Crippen LogP contribution in [-0.2, 0) is 6.54 Å². The summed E-state index contributed by atoms with van der Waals surface area (Å²) in [5.41, 5.74) is 1.45. The zero-order valence-corrected chi connectivity index (χ0v) is 15.2. The first-order valence-corrected chi connectivity index (χ1v) is 8.78. The predicted octanol–water partition coefficient (Wildman–Crippen LogP) is 1.99. The van der Waals surface area contributed by atoms with Crippen LogP contribution in [0.25, 0.3) is 0 Å². The van der Waals surface area contributed by atoms with Crippen molar-refractivity contribution in [1.29, 1.82) is 0 Å². The SMILES string of the molecule is Cc1cc(Cl)cc(Cn2cc(C)c(=O)[nH]c2=O)c1OC1CCNCC1. The third-order valence-corrected chi connectivity index (χ3v) is 4.63. The normalized spacial score (nSPS) is 15.3. The third kappa shape index (κ3) is 4.14. The van der Waals surface area contributed by atoms with Crippen LogP contribution in [0.4, 0.5) is 0 Å². The summed E-state index contributed by atoms with van der Waals surface area (Å²) >= 11 is 6.22. The fraction of sp³-hybridized carbons (Fsp3) is 0.444. The van der Waals surface area contributed by atoms with E-state index < -0.39 is 5.69 Å². The highest BCUT2D eigenvalue weighted by Gasteiger charge is 2.18. The van der Waals surface area contributed by atoms with E-state index in [9.17, 15) is 9.59 Å². The molecule has 25 heavy (non-hydrogen) atoms. The molecule has 2 heterocycles. The van der Waals surface area contributed by atoms with E-state index in [2.05, 4.69) is 10.3 Å². The van der Waals surface area contributed by atoms with Crippen LogP contribution in [0.5, 0.6) is 5.75 Å². The van der Waals surface area contributed by atoms with Crippen molar-refractivity contribution in [1.82, 2.24) is 14.9 Å². The Morgan fingerprint density at radius 2 is 1.92 bits per heavy atom. The molecule has 1 aromatic carbocycles. The maximum atomic E-state index is 12.1. The summed E-state index contributed by atoms with van der Waals surface area (Å²) in [6.45, 7) is 5.78. The lowest BCUT2D eigenvalue weighted by atomic mass is 10.1. The Morgan fingerprint density at radius 1 is 1.20 bits per heavy atom. The van der Waals surface area contributed by atoms with Gasteiger partial charge in [-0.1, -0.05) is 11.6 Å². The van der Waals surface area contributed by atoms with Gasteiger partial charge in [0.25, 0.3) is 5.56 Å². The van der Waals surface area contributed by atoms with E-state index in [1.54, 1.807) is 13.1 Å². The lowest BCUT2D eigenvalue weighted by Crippen LogP contribution is -2.34. The molecule has 7 heteroatoms. The molecule has 134 valence electrons. The van der Waals surface area contributed by atoms with Crippen molar-refractivity contribution in [2.75, 3.05) is 13.1 Å². The summed E-state index contributed by atoms with van der Waals surface area (Å²) in [5.74, 6) is 0.770. The minimum absolute atomic E-state index is 0.147. The monoisotopic (exact) mass is 363 g/mol. The van der Waals surface area contributed by atoms with Crippen molar-refractivity contribution in [2.45, 2.75) is 39.3 Å². The van der Waals surface area contributed by atoms with Crippen LogP contribution in [0.3, 0.4) is 0 Å². The topological polar surface area (TPSA) is 76.1 Å². The molecule has 6 nitrogen and oxygen atoms in total. The van der Waals surface area contributed by atoms with Gasteiger partial charge in [-0.15, -0.1) is 0 Å². The van der Waals surface area contributed by atoms with Crippen LogP contribution in [0.1, 0.15) is 29.5 Å². The van der Waals surface area contributed by atoms with Crippen molar-refractivity contribution < 1.29 is 4.74 Å². The molecule has 0 aliphatic carbocycles. The van der Waals surface area contributed by atoms with Gasteiger partial charge in [0.1, 0.15) is 11.9 Å². The molecule has 3 rings (SSSR count). The van der Waals surface area contributed by atoms with Gasteiger partial charge in [-0.3, -0.25) is 14.3 Å². The second-order valence-corrected chi connectivity index (χ2v) is 6.91. The van der Waals surface area contributed by atoms with Gasteiger partial charge < -0.3 is 10.1 Å². The molecule has 0 atom stereocenters. The molecular formula is C18H22ClN3O3. The van der Waals surface area contributed by atoms with Crippen molar-refractivity contribution in [3.8, 4) is 5.75 Å². The lowest BCUT2D eigenvalue weighted by Gasteiger charge is -2.26. The lowest BCUT2D eigenvalue weighted by molar-refractivity contribution is 0.159. The fourth-order valence-electron chi connectivity index (χ4n) is 3.08. The number of aryl methyl sites for hydroxylation is 2. The smallest absolute Gasteiger partial charge is 0.328 e. The molecule has 0 amide bonds. The molecule has 2 aromatic rings. The zero-order chi connectivity index (χ0) is 18.0. The molecule has 1 aliphatic heterocycles. The van der Waals surface area contributed by atoms with Gasteiger partial charge in [-0.2, -0.15) is 0 Å². The Hall–Kier alpha value is -2.05. The van der Waals surface area contributed by atoms with E-state index in [1.165, 1.54) is 4.57 Å². The Balaban J connectivity index is 1.96. The number of aromatic nitrogens is 2. The average Bonchev–Trinajstić information content (AvgIpc) is 2.56. The Kier molecular flexibility index (Phi) is 5.30. The van der Waals surface area contributed by atoms with E-state index >= 15 is 0 Å². The van der Waals surface area contributed by atoms with Gasteiger partial charge in [0.05, 0.1) is 6.54 Å². The molecule has 2 N–H and O–H groups in total. The van der Waals surface area contributed by atoms with E-state index in [1.807, 2.05) is 19.1 Å². The van der Waals surface area contributed by atoms with Gasteiger partial charge >= 0.3 is 5.69 Å². The van der Waals surface area contributed by atoms with Gasteiger partial charge in [0.2, 0.25) is 0 Å². The standard InChI is InChI=1S/C18H22ClN3O3/c1-11-7-14(19)8-13(16(11)25-15-3-5-20-6-4-15)10-22-9-12(2)17(23)21-18(22)24/h7-9,15,20H,3-6,10H2,1-2H3,(H,21,23,24). The number of nitrogens with zero attached hydrogens (tertiary/aromatic N) is 1. The molecule has 1 fully saturated rings. The van der Waals surface area contributed by atoms with Gasteiger partial charge in [-0.25, -0.2) is 4.79 Å². The summed E-state index contributed by atoms with van der Waals surface area (Å²) in [5, 5.41) is 3.91. The van der Waals surface area contributed by atoms with Crippen LogP contribution in [0, 0.1) is 13.8 Å². The van der Waals surface area contributed by atoms with Crippen LogP contribution in [0.2, 0.25) is 5.02 Å². The molecule has 0 unspecified atom stereocenters. The van der Waals surface area contributed by atoms with Gasteiger partial charge in [0, 0.05) is 22.3 Å². The number of benzene rings is 1. The highest BCUT2D eigenvalue weighted by molar-refractivity contribution is 6.30. The number of nitrogens with one attached hydrogen (secondary N) is 2. The highest BCUT2D eigenvalue weighted by Crippen LogP contribution is 2.30. The number of hydrogen-bond acceptors (Lipinski definition) is 4. The zero-order valence-electron chi connectivity index (χ0n) is 14.4. The minimum Gasteiger partial charge on any atom is -0.490 e. The Bertz CT molecular complexity index is 882. The van der Waals surface area contributed by atoms with Crippen molar-refractivity contribution >= 4 is 11.6 Å². The van der Waals surface area contributed by atoms with Crippen molar-refractivity contribution in [3.05, 3.63) is 60.9 Å². The number of ether oxygens (including phenoxy) is 1. The first kappa shape index (κ1) is 17.8. The second kappa shape index (κ2) is 7.45. The number of H-pyrrole nitrogens is 1. The molecule has 0 bridgehead atoms. The van der Waals surface area contributed by atoms with Crippen LogP contribution < -0.4 is 21.3 Å². The summed E-state index contributed by atoms with van der Waals surface area (Å²) in [7, 11) is 0. The molecule has 1 aromatic heterocycles. The number of rotatable bonds is 4. The van der Waals surface area contributed by atoms with Gasteiger partial charge in [0.15, 0.2) is 0 Å². The molecule has 1 saturated heterocycles. The largest absolute Gasteiger partial charge is 0.490 e. The summed E-state index contributed by atoms with van der Waals surface area (Å²) in [6.07, 6.45) is 3.60. The van der Waals surface area contributed by atoms with E-state index in [0.717, 1.165) is 42.8 Å². The molecule has 0 saturated carbocycles. The van der Waals surface area contributed by atoms with Crippen LogP contribution in [0.15, 0.2) is 27.9 Å². The summed E-state index contributed by atoms with van der Waals surface area (Å²) in [4.78, 5) is 26.0. The number of piperidine rings is 1. The molecular weight excluding hydrogens is 342 g/mol. The third-order valence-electron chi connectivity index (χ3n) is 4.42. The number of aromatic amines is 1. The first-order chi connectivity index (χ1) is 11.9. The van der Waals surface area contributed by atoms with E-state index in [-0.39, 0.29) is 18.2 Å². The summed E-state index contributed by atoms with van der Waals surface area (Å²) < 4.78 is 7.72. The fourth-order valence-corrected chi connectivity index (χ4v) is 3.38. The minimum atomic E-state index is -0.443.